The fourth-order valence-electron chi connectivity index (χ4n) is 2.90. The van der Waals surface area contributed by atoms with Crippen LogP contribution in [-0.2, 0) is 17.8 Å². The van der Waals surface area contributed by atoms with Crippen LogP contribution in [0.4, 0.5) is 0 Å². The average molecular weight is 343 g/mol. The van der Waals surface area contributed by atoms with Gasteiger partial charge in [0.1, 0.15) is 11.5 Å². The van der Waals surface area contributed by atoms with Gasteiger partial charge < -0.3 is 14.4 Å². The topological polar surface area (TPSA) is 38.8 Å². The molecule has 0 aromatic heterocycles. The molecule has 0 saturated carbocycles. The van der Waals surface area contributed by atoms with Gasteiger partial charge in [-0.3, -0.25) is 4.79 Å². The van der Waals surface area contributed by atoms with E-state index < -0.39 is 6.10 Å². The van der Waals surface area contributed by atoms with Gasteiger partial charge in [0.05, 0.1) is 7.11 Å². The summed E-state index contributed by atoms with van der Waals surface area (Å²) in [6.07, 6.45) is 2.22. The number of hydrogen-bond acceptors (Lipinski definition) is 4. The number of carbonyl (C=O) groups is 1. The molecule has 0 N–H and O–H groups in total. The lowest BCUT2D eigenvalue weighted by Crippen LogP contribution is -2.38. The molecule has 0 radical (unpaired) electrons. The summed E-state index contributed by atoms with van der Waals surface area (Å²) in [4.78, 5) is 15.5. The minimum Gasteiger partial charge on any atom is -0.496 e. The zero-order chi connectivity index (χ0) is 17.1. The van der Waals surface area contributed by atoms with Gasteiger partial charge in [-0.15, -0.1) is 11.8 Å². The first-order chi connectivity index (χ1) is 11.6. The lowest BCUT2D eigenvalue weighted by molar-refractivity contribution is -0.137. The molecule has 0 spiro atoms. The van der Waals surface area contributed by atoms with Gasteiger partial charge in [-0.2, -0.15) is 0 Å². The predicted octanol–water partition coefficient (Wildman–Crippen LogP) is 3.38. The lowest BCUT2D eigenvalue weighted by Gasteiger charge is -2.21. The van der Waals surface area contributed by atoms with Crippen LogP contribution in [0.25, 0.3) is 0 Å². The Balaban J connectivity index is 1.67. The molecule has 1 aliphatic heterocycles. The SMILES string of the molecule is COc1cc(CN(C)C(=O)[C@@H]2Cc3ccccc3O2)ccc1SC. The van der Waals surface area contributed by atoms with Crippen molar-refractivity contribution in [2.45, 2.75) is 24.0 Å². The van der Waals surface area contributed by atoms with E-state index in [4.69, 9.17) is 9.47 Å². The van der Waals surface area contributed by atoms with Crippen molar-refractivity contribution in [2.75, 3.05) is 20.4 Å². The maximum atomic E-state index is 12.7. The number of likely N-dealkylation sites (N-methyl/N-ethyl adjacent to an activating group) is 1. The number of fused-ring (bicyclic) bond motifs is 1. The molecule has 3 rings (SSSR count). The van der Waals surface area contributed by atoms with Gasteiger partial charge in [-0.05, 0) is 35.6 Å². The number of nitrogens with zero attached hydrogens (tertiary/aromatic N) is 1. The smallest absolute Gasteiger partial charge is 0.264 e. The van der Waals surface area contributed by atoms with Crippen LogP contribution in [0, 0.1) is 0 Å². The van der Waals surface area contributed by atoms with E-state index in [9.17, 15) is 4.79 Å². The molecular formula is C19H21NO3S. The second-order valence-electron chi connectivity index (χ2n) is 5.80. The van der Waals surface area contributed by atoms with Crippen molar-refractivity contribution < 1.29 is 14.3 Å². The van der Waals surface area contributed by atoms with Crippen LogP contribution >= 0.6 is 11.8 Å². The summed E-state index contributed by atoms with van der Waals surface area (Å²) in [6, 6.07) is 13.9. The summed E-state index contributed by atoms with van der Waals surface area (Å²) in [6.45, 7) is 0.528. The molecule has 0 unspecified atom stereocenters. The van der Waals surface area contributed by atoms with Gasteiger partial charge in [0, 0.05) is 24.9 Å². The number of carbonyl (C=O) groups excluding carboxylic acids is 1. The van der Waals surface area contributed by atoms with Crippen molar-refractivity contribution in [2.24, 2.45) is 0 Å². The molecule has 0 bridgehead atoms. The molecule has 1 heterocycles. The highest BCUT2D eigenvalue weighted by atomic mass is 32.2. The Labute approximate surface area is 146 Å². The molecule has 126 valence electrons. The maximum Gasteiger partial charge on any atom is 0.264 e. The van der Waals surface area contributed by atoms with Crippen LogP contribution in [0.2, 0.25) is 0 Å². The monoisotopic (exact) mass is 343 g/mol. The molecule has 2 aromatic carbocycles. The van der Waals surface area contributed by atoms with E-state index in [0.717, 1.165) is 27.5 Å². The fourth-order valence-corrected chi connectivity index (χ4v) is 3.44. The molecule has 2 aromatic rings. The first-order valence-electron chi connectivity index (χ1n) is 7.83. The molecule has 24 heavy (non-hydrogen) atoms. The Morgan fingerprint density at radius 1 is 1.33 bits per heavy atom. The standard InChI is InChI=1S/C19H21NO3S/c1-20(12-13-8-9-18(24-3)16(10-13)22-2)19(21)17-11-14-6-4-5-7-15(14)23-17/h4-10,17H,11-12H2,1-3H3/t17-/m0/s1. The number of hydrogen-bond donors (Lipinski definition) is 0. The van der Waals surface area contributed by atoms with E-state index in [-0.39, 0.29) is 5.91 Å². The highest BCUT2D eigenvalue weighted by molar-refractivity contribution is 7.98. The highest BCUT2D eigenvalue weighted by Crippen LogP contribution is 2.30. The summed E-state index contributed by atoms with van der Waals surface area (Å²) in [7, 11) is 3.47. The average Bonchev–Trinajstić information content (AvgIpc) is 3.04. The fraction of sp³-hybridized carbons (Fsp3) is 0.316. The largest absolute Gasteiger partial charge is 0.496 e. The van der Waals surface area contributed by atoms with Crippen molar-refractivity contribution in [1.82, 2.24) is 4.90 Å². The molecule has 4 nitrogen and oxygen atoms in total. The number of methoxy groups -OCH3 is 1. The van der Waals surface area contributed by atoms with Crippen LogP contribution in [0.3, 0.4) is 0 Å². The molecule has 0 aliphatic carbocycles. The van der Waals surface area contributed by atoms with Crippen LogP contribution in [0.1, 0.15) is 11.1 Å². The molecule has 1 aliphatic rings. The molecule has 1 atom stereocenters. The predicted molar refractivity (Wildman–Crippen MR) is 95.8 cm³/mol. The molecular weight excluding hydrogens is 322 g/mol. The number of thioether (sulfide) groups is 1. The lowest BCUT2D eigenvalue weighted by atomic mass is 10.1. The summed E-state index contributed by atoms with van der Waals surface area (Å²) < 4.78 is 11.2. The normalized spacial score (nSPS) is 15.5. The van der Waals surface area contributed by atoms with E-state index in [1.54, 1.807) is 23.8 Å². The third-order valence-electron chi connectivity index (χ3n) is 4.17. The number of para-hydroxylation sites is 1. The molecule has 0 saturated heterocycles. The van der Waals surface area contributed by atoms with E-state index >= 15 is 0 Å². The molecule has 1 amide bonds. The van der Waals surface area contributed by atoms with Crippen molar-refractivity contribution in [3.8, 4) is 11.5 Å². The summed E-state index contributed by atoms with van der Waals surface area (Å²) in [5.41, 5.74) is 2.13. The minimum atomic E-state index is -0.431. The van der Waals surface area contributed by atoms with Crippen molar-refractivity contribution in [1.29, 1.82) is 0 Å². The van der Waals surface area contributed by atoms with Gasteiger partial charge in [-0.25, -0.2) is 0 Å². The summed E-state index contributed by atoms with van der Waals surface area (Å²) >= 11 is 1.64. The Morgan fingerprint density at radius 3 is 2.83 bits per heavy atom. The van der Waals surface area contributed by atoms with Crippen molar-refractivity contribution >= 4 is 17.7 Å². The van der Waals surface area contributed by atoms with E-state index in [1.165, 1.54) is 0 Å². The first-order valence-corrected chi connectivity index (χ1v) is 9.05. The van der Waals surface area contributed by atoms with E-state index in [2.05, 4.69) is 0 Å². The van der Waals surface area contributed by atoms with E-state index in [0.29, 0.717) is 13.0 Å². The Kier molecular flexibility index (Phi) is 5.00. The quantitative estimate of drug-likeness (QED) is 0.780. The Bertz CT molecular complexity index is 722. The number of amides is 1. The highest BCUT2D eigenvalue weighted by Gasteiger charge is 2.30. The number of ether oxygens (including phenoxy) is 2. The van der Waals surface area contributed by atoms with Gasteiger partial charge in [0.2, 0.25) is 0 Å². The third-order valence-corrected chi connectivity index (χ3v) is 4.94. The zero-order valence-electron chi connectivity index (χ0n) is 14.1. The van der Waals surface area contributed by atoms with Crippen LogP contribution < -0.4 is 9.47 Å². The van der Waals surface area contributed by atoms with Gasteiger partial charge in [0.25, 0.3) is 5.91 Å². The molecule has 0 fully saturated rings. The Hall–Kier alpha value is -2.14. The maximum absolute atomic E-state index is 12.7. The number of benzene rings is 2. The van der Waals surface area contributed by atoms with E-state index in [1.807, 2.05) is 55.8 Å². The summed E-state index contributed by atoms with van der Waals surface area (Å²) in [5, 5.41) is 0. The van der Waals surface area contributed by atoms with Crippen LogP contribution in [-0.4, -0.2) is 37.3 Å². The van der Waals surface area contributed by atoms with Crippen molar-refractivity contribution in [3.05, 3.63) is 53.6 Å². The third kappa shape index (κ3) is 3.36. The first kappa shape index (κ1) is 16.7. The Morgan fingerprint density at radius 2 is 2.12 bits per heavy atom. The van der Waals surface area contributed by atoms with Gasteiger partial charge in [0.15, 0.2) is 6.10 Å². The van der Waals surface area contributed by atoms with Crippen molar-refractivity contribution in [3.63, 3.8) is 0 Å². The second-order valence-corrected chi connectivity index (χ2v) is 6.65. The molecule has 5 heteroatoms. The van der Waals surface area contributed by atoms with Crippen LogP contribution in [0.15, 0.2) is 47.4 Å². The summed E-state index contributed by atoms with van der Waals surface area (Å²) in [5.74, 6) is 1.65. The number of rotatable bonds is 5. The van der Waals surface area contributed by atoms with Crippen LogP contribution in [0.5, 0.6) is 11.5 Å². The second kappa shape index (κ2) is 7.18. The minimum absolute atomic E-state index is 0.000824. The van der Waals surface area contributed by atoms with Gasteiger partial charge >= 0.3 is 0 Å². The van der Waals surface area contributed by atoms with Gasteiger partial charge in [-0.1, -0.05) is 24.3 Å². The zero-order valence-corrected chi connectivity index (χ0v) is 14.9.